The van der Waals surface area contributed by atoms with E-state index in [0.29, 0.717) is 13.1 Å². The van der Waals surface area contributed by atoms with E-state index in [1.165, 1.54) is 5.57 Å². The predicted molar refractivity (Wildman–Crippen MR) is 135 cm³/mol. The van der Waals surface area contributed by atoms with E-state index in [2.05, 4.69) is 28.5 Å². The van der Waals surface area contributed by atoms with Crippen molar-refractivity contribution in [1.82, 2.24) is 0 Å². The summed E-state index contributed by atoms with van der Waals surface area (Å²) in [6.45, 7) is 3.35. The molecule has 34 heavy (non-hydrogen) atoms. The average molecular weight is 613 g/mol. The SMILES string of the molecule is CCC(/C=C1\Sc2cc(OC)ccc2N1CCO)=C\c1sc2cc(OC)ccc2[n+]1CCO.[I-]. The van der Waals surface area contributed by atoms with E-state index in [1.807, 2.05) is 36.4 Å². The Bertz CT molecular complexity index is 1210. The lowest BCUT2D eigenvalue weighted by atomic mass is 10.2. The Morgan fingerprint density at radius 3 is 2.47 bits per heavy atom. The molecule has 0 unspecified atom stereocenters. The van der Waals surface area contributed by atoms with Gasteiger partial charge in [0.05, 0.1) is 31.5 Å². The minimum atomic E-state index is 0. The summed E-state index contributed by atoms with van der Waals surface area (Å²) >= 11 is 3.38. The zero-order valence-corrected chi connectivity index (χ0v) is 23.2. The summed E-state index contributed by atoms with van der Waals surface area (Å²) in [7, 11) is 3.34. The number of aliphatic hydroxyl groups excluding tert-OH is 2. The second-order valence-corrected chi connectivity index (χ2v) is 9.64. The molecular formula is C25H29IN2O4S2. The summed E-state index contributed by atoms with van der Waals surface area (Å²) in [6, 6.07) is 12.1. The molecule has 1 aliphatic rings. The number of β-amino-alcohol motifs (C(OH)–C–C–N with tert-alkyl or cyclic N) is 1. The highest BCUT2D eigenvalue weighted by Gasteiger charge is 2.26. The van der Waals surface area contributed by atoms with Crippen LogP contribution in [0.2, 0.25) is 0 Å². The first-order valence-corrected chi connectivity index (χ1v) is 12.5. The van der Waals surface area contributed by atoms with Gasteiger partial charge in [0.2, 0.25) is 5.52 Å². The number of halogens is 1. The number of allylic oxidation sites excluding steroid dienone is 2. The molecule has 0 radical (unpaired) electrons. The molecule has 0 saturated heterocycles. The number of aliphatic hydroxyl groups is 2. The van der Waals surface area contributed by atoms with Gasteiger partial charge < -0.3 is 48.6 Å². The average Bonchev–Trinajstić information content (AvgIpc) is 3.35. The summed E-state index contributed by atoms with van der Waals surface area (Å²) in [5, 5.41) is 21.5. The van der Waals surface area contributed by atoms with Gasteiger partial charge in [0.1, 0.15) is 22.8 Å². The molecule has 2 aromatic carbocycles. The standard InChI is InChI=1S/C25H29N2O4S2.HI/c1-4-17(13-24-26(9-11-28)20-7-5-18(30-2)15-22(20)32-24)14-25-27(10-12-29)21-8-6-19(31-3)16-23(21)33-25;/h5-8,13-16,28-29H,4,9-12H2,1-3H3;1H/q+1;/p-1. The van der Waals surface area contributed by atoms with Crippen molar-refractivity contribution in [2.45, 2.75) is 24.8 Å². The minimum absolute atomic E-state index is 0. The van der Waals surface area contributed by atoms with Crippen molar-refractivity contribution < 1.29 is 48.2 Å². The second kappa shape index (κ2) is 12.3. The highest BCUT2D eigenvalue weighted by molar-refractivity contribution is 8.03. The third-order valence-corrected chi connectivity index (χ3v) is 7.74. The topological polar surface area (TPSA) is 66.0 Å². The highest BCUT2D eigenvalue weighted by Crippen LogP contribution is 2.47. The summed E-state index contributed by atoms with van der Waals surface area (Å²) < 4.78 is 14.1. The lowest BCUT2D eigenvalue weighted by Gasteiger charge is -2.19. The number of hydrogen-bond acceptors (Lipinski definition) is 7. The highest BCUT2D eigenvalue weighted by atomic mass is 127. The Morgan fingerprint density at radius 1 is 1.06 bits per heavy atom. The monoisotopic (exact) mass is 612 g/mol. The lowest BCUT2D eigenvalue weighted by Crippen LogP contribution is -3.00. The number of benzene rings is 2. The molecule has 1 aromatic heterocycles. The van der Waals surface area contributed by atoms with Crippen LogP contribution in [0.1, 0.15) is 18.4 Å². The van der Waals surface area contributed by atoms with Gasteiger partial charge in [-0.15, -0.1) is 0 Å². The number of hydrogen-bond donors (Lipinski definition) is 2. The molecule has 2 heterocycles. The number of anilines is 1. The zero-order chi connectivity index (χ0) is 23.4. The van der Waals surface area contributed by atoms with E-state index < -0.39 is 0 Å². The Labute approximate surface area is 225 Å². The molecule has 0 bridgehead atoms. The number of ether oxygens (including phenoxy) is 2. The van der Waals surface area contributed by atoms with Gasteiger partial charge in [-0.1, -0.05) is 30.0 Å². The van der Waals surface area contributed by atoms with E-state index in [4.69, 9.17) is 9.47 Å². The van der Waals surface area contributed by atoms with Crippen LogP contribution in [0.25, 0.3) is 16.3 Å². The van der Waals surface area contributed by atoms with E-state index >= 15 is 0 Å². The maximum absolute atomic E-state index is 9.66. The fourth-order valence-electron chi connectivity index (χ4n) is 3.86. The van der Waals surface area contributed by atoms with E-state index in [9.17, 15) is 10.2 Å². The first-order chi connectivity index (χ1) is 16.1. The van der Waals surface area contributed by atoms with Gasteiger partial charge in [0.25, 0.3) is 5.01 Å². The summed E-state index contributed by atoms with van der Waals surface area (Å²) in [5.74, 6) is 1.65. The molecule has 3 aromatic rings. The molecular weight excluding hydrogens is 583 g/mol. The quantitative estimate of drug-likeness (QED) is 0.282. The molecule has 0 aliphatic carbocycles. The van der Waals surface area contributed by atoms with Crippen LogP contribution < -0.4 is 42.9 Å². The first-order valence-electron chi connectivity index (χ1n) is 10.9. The van der Waals surface area contributed by atoms with Crippen molar-refractivity contribution in [2.75, 3.05) is 38.9 Å². The van der Waals surface area contributed by atoms with E-state index in [-0.39, 0.29) is 37.2 Å². The number of methoxy groups -OCH3 is 2. The third kappa shape index (κ3) is 5.54. The van der Waals surface area contributed by atoms with Crippen LogP contribution in [-0.4, -0.2) is 44.2 Å². The van der Waals surface area contributed by atoms with Crippen molar-refractivity contribution in [3.05, 3.63) is 58.1 Å². The van der Waals surface area contributed by atoms with Crippen molar-refractivity contribution >= 4 is 45.1 Å². The number of aromatic nitrogens is 1. The Balaban J connectivity index is 0.00000324. The maximum Gasteiger partial charge on any atom is 0.263 e. The van der Waals surface area contributed by atoms with Gasteiger partial charge in [-0.05, 0) is 42.3 Å². The van der Waals surface area contributed by atoms with Crippen LogP contribution in [0.15, 0.2) is 58.0 Å². The van der Waals surface area contributed by atoms with Crippen molar-refractivity contribution in [3.63, 3.8) is 0 Å². The molecule has 1 aliphatic heterocycles. The van der Waals surface area contributed by atoms with Crippen molar-refractivity contribution in [1.29, 1.82) is 0 Å². The molecule has 0 saturated carbocycles. The largest absolute Gasteiger partial charge is 1.00 e. The van der Waals surface area contributed by atoms with Crippen LogP contribution in [0.5, 0.6) is 11.5 Å². The molecule has 182 valence electrons. The molecule has 4 rings (SSSR count). The fourth-order valence-corrected chi connectivity index (χ4v) is 6.25. The van der Waals surface area contributed by atoms with Crippen molar-refractivity contribution in [2.24, 2.45) is 0 Å². The molecule has 2 N–H and O–H groups in total. The zero-order valence-electron chi connectivity index (χ0n) is 19.5. The van der Waals surface area contributed by atoms with Crippen molar-refractivity contribution in [3.8, 4) is 11.5 Å². The Kier molecular flexibility index (Phi) is 9.66. The maximum atomic E-state index is 9.66. The number of nitrogens with zero attached hydrogens (tertiary/aromatic N) is 2. The smallest absolute Gasteiger partial charge is 0.263 e. The van der Waals surface area contributed by atoms with Crippen LogP contribution in [-0.2, 0) is 6.54 Å². The normalized spacial score (nSPS) is 14.4. The van der Waals surface area contributed by atoms with Gasteiger partial charge in [-0.25, -0.2) is 0 Å². The Morgan fingerprint density at radius 2 is 1.79 bits per heavy atom. The summed E-state index contributed by atoms with van der Waals surface area (Å²) in [6.07, 6.45) is 5.25. The van der Waals surface area contributed by atoms with E-state index in [0.717, 1.165) is 48.8 Å². The number of rotatable bonds is 9. The molecule has 0 amide bonds. The van der Waals surface area contributed by atoms with Gasteiger partial charge in [-0.2, -0.15) is 4.57 Å². The predicted octanol–water partition coefficient (Wildman–Crippen LogP) is 1.44. The van der Waals surface area contributed by atoms with Gasteiger partial charge in [0.15, 0.2) is 6.54 Å². The summed E-state index contributed by atoms with van der Waals surface area (Å²) in [4.78, 5) is 3.27. The second-order valence-electron chi connectivity index (χ2n) is 7.52. The van der Waals surface area contributed by atoms with Crippen LogP contribution in [0, 0.1) is 0 Å². The number of thioether (sulfide) groups is 1. The van der Waals surface area contributed by atoms with E-state index in [1.54, 1.807) is 37.3 Å². The van der Waals surface area contributed by atoms with Crippen LogP contribution >= 0.6 is 23.1 Å². The lowest BCUT2D eigenvalue weighted by molar-refractivity contribution is -0.670. The fraction of sp³-hybridized carbons (Fsp3) is 0.320. The summed E-state index contributed by atoms with van der Waals surface area (Å²) in [5.41, 5.74) is 3.34. The Hall–Kier alpha value is -1.79. The van der Waals surface area contributed by atoms with Gasteiger partial charge in [0, 0.05) is 29.6 Å². The minimum Gasteiger partial charge on any atom is -1.00 e. The molecule has 0 fully saturated rings. The molecule has 0 spiro atoms. The van der Waals surface area contributed by atoms with Crippen LogP contribution in [0.4, 0.5) is 5.69 Å². The third-order valence-electron chi connectivity index (χ3n) is 5.55. The molecule has 6 nitrogen and oxygen atoms in total. The van der Waals surface area contributed by atoms with Gasteiger partial charge >= 0.3 is 0 Å². The number of thiazole rings is 1. The molecule has 9 heteroatoms. The van der Waals surface area contributed by atoms with Gasteiger partial charge in [-0.3, -0.25) is 0 Å². The molecule has 0 atom stereocenters. The first kappa shape index (κ1) is 26.8. The number of fused-ring (bicyclic) bond motifs is 2. The van der Waals surface area contributed by atoms with Crippen LogP contribution in [0.3, 0.4) is 0 Å².